The fraction of sp³-hybridized carbons (Fsp3) is 0.267. The molecule has 1 aliphatic heterocycles. The minimum absolute atomic E-state index is 0.0741. The van der Waals surface area contributed by atoms with Gasteiger partial charge in [-0.3, -0.25) is 4.79 Å². The summed E-state index contributed by atoms with van der Waals surface area (Å²) in [6, 6.07) is 6.78. The first-order valence-corrected chi connectivity index (χ1v) is 7.67. The van der Waals surface area contributed by atoms with Gasteiger partial charge in [-0.2, -0.15) is 0 Å². The monoisotopic (exact) mass is 318 g/mol. The average molecular weight is 318 g/mol. The van der Waals surface area contributed by atoms with Crippen LogP contribution >= 0.6 is 11.3 Å². The van der Waals surface area contributed by atoms with Crippen molar-refractivity contribution in [1.82, 2.24) is 9.88 Å². The molecule has 3 rings (SSSR count). The van der Waals surface area contributed by atoms with Gasteiger partial charge in [0.05, 0.1) is 18.7 Å². The summed E-state index contributed by atoms with van der Waals surface area (Å²) < 4.78 is 5.71. The highest BCUT2D eigenvalue weighted by atomic mass is 32.1. The van der Waals surface area contributed by atoms with Crippen LogP contribution in [0.5, 0.6) is 0 Å². The van der Waals surface area contributed by atoms with Gasteiger partial charge in [-0.1, -0.05) is 6.07 Å². The highest BCUT2D eigenvalue weighted by Gasteiger charge is 2.26. The molecular weight excluding hydrogens is 304 g/mol. The number of carbonyl (C=O) groups is 2. The Bertz CT molecular complexity index is 669. The van der Waals surface area contributed by atoms with E-state index in [0.717, 1.165) is 4.88 Å². The highest BCUT2D eigenvalue weighted by Crippen LogP contribution is 2.26. The second-order valence-electron chi connectivity index (χ2n) is 4.86. The van der Waals surface area contributed by atoms with Gasteiger partial charge in [0.1, 0.15) is 11.8 Å². The van der Waals surface area contributed by atoms with E-state index in [2.05, 4.69) is 4.98 Å². The Morgan fingerprint density at radius 3 is 2.86 bits per heavy atom. The molecule has 1 N–H and O–H groups in total. The summed E-state index contributed by atoms with van der Waals surface area (Å²) >= 11 is 1.60. The van der Waals surface area contributed by atoms with Crippen molar-refractivity contribution in [2.45, 2.75) is 6.10 Å². The molecule has 0 bridgehead atoms. The quantitative estimate of drug-likeness (QED) is 0.937. The molecule has 2 aromatic heterocycles. The SMILES string of the molecule is O=C(O)c1ccc(C(=O)N2CCOC(c3cccs3)C2)cn1. The second kappa shape index (κ2) is 6.25. The van der Waals surface area contributed by atoms with Crippen LogP contribution in [0.2, 0.25) is 0 Å². The van der Waals surface area contributed by atoms with Crippen molar-refractivity contribution in [3.63, 3.8) is 0 Å². The van der Waals surface area contributed by atoms with Crippen LogP contribution in [-0.2, 0) is 4.74 Å². The number of thiophene rings is 1. The third-order valence-electron chi connectivity index (χ3n) is 3.44. The summed E-state index contributed by atoms with van der Waals surface area (Å²) in [6.45, 7) is 1.48. The molecule has 6 nitrogen and oxygen atoms in total. The molecule has 1 unspecified atom stereocenters. The molecule has 1 atom stereocenters. The van der Waals surface area contributed by atoms with Crippen LogP contribution in [0.4, 0.5) is 0 Å². The Kier molecular flexibility index (Phi) is 4.17. The van der Waals surface area contributed by atoms with Crippen LogP contribution < -0.4 is 0 Å². The van der Waals surface area contributed by atoms with Crippen molar-refractivity contribution in [3.8, 4) is 0 Å². The molecule has 2 aromatic rings. The van der Waals surface area contributed by atoms with Crippen molar-refractivity contribution in [3.05, 3.63) is 52.0 Å². The Labute approximate surface area is 131 Å². The third kappa shape index (κ3) is 3.00. The maximum absolute atomic E-state index is 12.5. The number of amides is 1. The molecular formula is C15H14N2O4S. The van der Waals surface area contributed by atoms with Gasteiger partial charge >= 0.3 is 5.97 Å². The lowest BCUT2D eigenvalue weighted by Gasteiger charge is -2.32. The molecule has 0 saturated carbocycles. The maximum Gasteiger partial charge on any atom is 0.354 e. The number of nitrogens with zero attached hydrogens (tertiary/aromatic N) is 2. The number of carbonyl (C=O) groups excluding carboxylic acids is 1. The zero-order valence-electron chi connectivity index (χ0n) is 11.6. The number of hydrogen-bond donors (Lipinski definition) is 1. The normalized spacial score (nSPS) is 18.2. The zero-order valence-corrected chi connectivity index (χ0v) is 12.5. The number of aromatic carboxylic acids is 1. The van der Waals surface area contributed by atoms with E-state index in [1.807, 2.05) is 17.5 Å². The summed E-state index contributed by atoms with van der Waals surface area (Å²) in [4.78, 5) is 29.9. The number of morpholine rings is 1. The van der Waals surface area contributed by atoms with Gasteiger partial charge in [-0.15, -0.1) is 11.3 Å². The summed E-state index contributed by atoms with van der Waals surface area (Å²) in [5, 5.41) is 10.8. The van der Waals surface area contributed by atoms with Gasteiger partial charge in [0.15, 0.2) is 0 Å². The molecule has 7 heteroatoms. The van der Waals surface area contributed by atoms with Gasteiger partial charge in [-0.05, 0) is 23.6 Å². The van der Waals surface area contributed by atoms with Crippen molar-refractivity contribution < 1.29 is 19.4 Å². The average Bonchev–Trinajstić information content (AvgIpc) is 3.09. The first-order chi connectivity index (χ1) is 10.6. The maximum atomic E-state index is 12.5. The van der Waals surface area contributed by atoms with Gasteiger partial charge in [0, 0.05) is 17.6 Å². The lowest BCUT2D eigenvalue weighted by molar-refractivity contribution is -0.0212. The molecule has 0 radical (unpaired) electrons. The number of carboxylic acids is 1. The van der Waals surface area contributed by atoms with Crippen LogP contribution in [0.25, 0.3) is 0 Å². The van der Waals surface area contributed by atoms with Gasteiger partial charge in [0.25, 0.3) is 5.91 Å². The molecule has 0 aliphatic carbocycles. The molecule has 114 valence electrons. The first-order valence-electron chi connectivity index (χ1n) is 6.79. The molecule has 0 aromatic carbocycles. The van der Waals surface area contributed by atoms with E-state index < -0.39 is 5.97 Å². The molecule has 1 fully saturated rings. The summed E-state index contributed by atoms with van der Waals surface area (Å²) in [5.74, 6) is -1.27. The predicted octanol–water partition coefficient (Wildman–Crippen LogP) is 2.06. The standard InChI is InChI=1S/C15H14N2O4S/c18-14(10-3-4-11(15(19)20)16-8-10)17-5-6-21-12(9-17)13-2-1-7-22-13/h1-4,7-8,12H,5-6,9H2,(H,19,20). The van der Waals surface area contributed by atoms with E-state index in [9.17, 15) is 9.59 Å². The third-order valence-corrected chi connectivity index (χ3v) is 4.41. The van der Waals surface area contributed by atoms with Crippen molar-refractivity contribution in [2.24, 2.45) is 0 Å². The van der Waals surface area contributed by atoms with Crippen LogP contribution in [0.1, 0.15) is 31.8 Å². The summed E-state index contributed by atoms with van der Waals surface area (Å²) in [5.41, 5.74) is 0.312. The van der Waals surface area contributed by atoms with Gasteiger partial charge in [-0.25, -0.2) is 9.78 Å². The van der Waals surface area contributed by atoms with Gasteiger partial charge < -0.3 is 14.7 Å². The fourth-order valence-corrected chi connectivity index (χ4v) is 3.08. The minimum Gasteiger partial charge on any atom is -0.477 e. The Morgan fingerprint density at radius 2 is 2.23 bits per heavy atom. The van der Waals surface area contributed by atoms with Crippen LogP contribution in [-0.4, -0.2) is 46.6 Å². The second-order valence-corrected chi connectivity index (χ2v) is 5.84. The van der Waals surface area contributed by atoms with E-state index in [-0.39, 0.29) is 17.7 Å². The highest BCUT2D eigenvalue weighted by molar-refractivity contribution is 7.10. The van der Waals surface area contributed by atoms with E-state index in [4.69, 9.17) is 9.84 Å². The van der Waals surface area contributed by atoms with E-state index in [1.54, 1.807) is 16.2 Å². The number of ether oxygens (including phenoxy) is 1. The molecule has 1 saturated heterocycles. The van der Waals surface area contributed by atoms with Crippen LogP contribution in [0.3, 0.4) is 0 Å². The lowest BCUT2D eigenvalue weighted by atomic mass is 10.2. The van der Waals surface area contributed by atoms with Crippen LogP contribution in [0, 0.1) is 0 Å². The topological polar surface area (TPSA) is 79.7 Å². The molecule has 1 amide bonds. The number of carboxylic acid groups (broad SMARTS) is 1. The van der Waals surface area contributed by atoms with E-state index in [1.165, 1.54) is 18.3 Å². The fourth-order valence-electron chi connectivity index (χ4n) is 2.31. The summed E-state index contributed by atoms with van der Waals surface area (Å²) in [6.07, 6.45) is 1.20. The van der Waals surface area contributed by atoms with Crippen molar-refractivity contribution in [2.75, 3.05) is 19.7 Å². The van der Waals surface area contributed by atoms with Crippen molar-refractivity contribution >= 4 is 23.2 Å². The Hall–Kier alpha value is -2.25. The lowest BCUT2D eigenvalue weighted by Crippen LogP contribution is -2.42. The van der Waals surface area contributed by atoms with Crippen molar-refractivity contribution in [1.29, 1.82) is 0 Å². The number of pyridine rings is 1. The minimum atomic E-state index is -1.11. The zero-order chi connectivity index (χ0) is 15.5. The van der Waals surface area contributed by atoms with Crippen LogP contribution in [0.15, 0.2) is 35.8 Å². The number of hydrogen-bond acceptors (Lipinski definition) is 5. The molecule has 22 heavy (non-hydrogen) atoms. The largest absolute Gasteiger partial charge is 0.477 e. The molecule has 0 spiro atoms. The smallest absolute Gasteiger partial charge is 0.354 e. The Balaban J connectivity index is 1.72. The van der Waals surface area contributed by atoms with E-state index >= 15 is 0 Å². The Morgan fingerprint density at radius 1 is 1.36 bits per heavy atom. The summed E-state index contributed by atoms with van der Waals surface area (Å²) in [7, 11) is 0. The van der Waals surface area contributed by atoms with E-state index in [0.29, 0.717) is 25.3 Å². The number of aromatic nitrogens is 1. The molecule has 3 heterocycles. The predicted molar refractivity (Wildman–Crippen MR) is 80.1 cm³/mol. The number of rotatable bonds is 3. The molecule has 1 aliphatic rings. The van der Waals surface area contributed by atoms with Gasteiger partial charge in [0.2, 0.25) is 0 Å². The first kappa shape index (κ1) is 14.7.